The molecule has 0 spiro atoms. The van der Waals surface area contributed by atoms with Crippen molar-refractivity contribution in [1.29, 1.82) is 0 Å². The van der Waals surface area contributed by atoms with E-state index in [4.69, 9.17) is 14.5 Å². The van der Waals surface area contributed by atoms with E-state index in [1.54, 1.807) is 11.3 Å². The third-order valence-electron chi connectivity index (χ3n) is 3.79. The number of nitrogens with zero attached hydrogens (tertiary/aromatic N) is 2. The summed E-state index contributed by atoms with van der Waals surface area (Å²) in [6, 6.07) is 0. The number of hydrogen-bond acceptors (Lipinski definition) is 6. The zero-order valence-corrected chi connectivity index (χ0v) is 12.7. The molecule has 1 aromatic heterocycles. The fraction of sp³-hybridized carbons (Fsp3) is 0.714. The van der Waals surface area contributed by atoms with Gasteiger partial charge in [-0.25, -0.2) is 4.98 Å². The summed E-state index contributed by atoms with van der Waals surface area (Å²) in [4.78, 5) is 20.2. The molecule has 1 aliphatic carbocycles. The van der Waals surface area contributed by atoms with E-state index in [0.29, 0.717) is 6.61 Å². The Kier molecular flexibility index (Phi) is 3.94. The van der Waals surface area contributed by atoms with Crippen LogP contribution in [0.25, 0.3) is 0 Å². The van der Waals surface area contributed by atoms with Gasteiger partial charge in [-0.1, -0.05) is 0 Å². The highest BCUT2D eigenvalue weighted by molar-refractivity contribution is 7.15. The highest BCUT2D eigenvalue weighted by Gasteiger charge is 2.34. The van der Waals surface area contributed by atoms with Gasteiger partial charge in [-0.15, -0.1) is 11.3 Å². The summed E-state index contributed by atoms with van der Waals surface area (Å²) < 4.78 is 10.7. The third kappa shape index (κ3) is 2.54. The molecule has 2 aliphatic rings. The molecular weight excluding hydrogens is 276 g/mol. The first-order valence-corrected chi connectivity index (χ1v) is 8.03. The van der Waals surface area contributed by atoms with Crippen molar-refractivity contribution in [2.75, 3.05) is 31.2 Å². The number of fused-ring (bicyclic) bond motifs is 1. The second-order valence-corrected chi connectivity index (χ2v) is 6.34. The van der Waals surface area contributed by atoms with Crippen molar-refractivity contribution in [3.63, 3.8) is 0 Å². The van der Waals surface area contributed by atoms with Crippen molar-refractivity contribution in [3.05, 3.63) is 10.6 Å². The molecule has 110 valence electrons. The Morgan fingerprint density at radius 3 is 3.20 bits per heavy atom. The van der Waals surface area contributed by atoms with Crippen molar-refractivity contribution in [2.45, 2.75) is 38.7 Å². The highest BCUT2D eigenvalue weighted by atomic mass is 32.1. The standard InChI is InChI=1S/C14H20N2O3S/c1-3-18-13(17)10-4-5-11-12(10)15-14(20-11)16-6-7-19-9(2)8-16/h9-10H,3-8H2,1-2H3. The molecule has 2 heterocycles. The van der Waals surface area contributed by atoms with Gasteiger partial charge in [-0.3, -0.25) is 4.79 Å². The topological polar surface area (TPSA) is 51.7 Å². The van der Waals surface area contributed by atoms with Crippen LogP contribution in [0, 0.1) is 0 Å². The molecule has 5 nitrogen and oxygen atoms in total. The number of carbonyl (C=O) groups is 1. The average Bonchev–Trinajstić information content (AvgIpc) is 2.98. The van der Waals surface area contributed by atoms with Crippen LogP contribution >= 0.6 is 11.3 Å². The maximum Gasteiger partial charge on any atom is 0.315 e. The number of morpholine rings is 1. The number of carbonyl (C=O) groups excluding carboxylic acids is 1. The minimum atomic E-state index is -0.159. The van der Waals surface area contributed by atoms with Crippen molar-refractivity contribution in [3.8, 4) is 0 Å². The SMILES string of the molecule is CCOC(=O)C1CCc2sc(N3CCOC(C)C3)nc21. The number of anilines is 1. The van der Waals surface area contributed by atoms with Gasteiger partial charge in [0.05, 0.1) is 25.0 Å². The summed E-state index contributed by atoms with van der Waals surface area (Å²) in [5, 5.41) is 1.03. The molecule has 0 aromatic carbocycles. The van der Waals surface area contributed by atoms with E-state index in [1.165, 1.54) is 4.88 Å². The van der Waals surface area contributed by atoms with Crippen molar-refractivity contribution < 1.29 is 14.3 Å². The minimum absolute atomic E-state index is 0.126. The van der Waals surface area contributed by atoms with Gasteiger partial charge < -0.3 is 14.4 Å². The predicted octanol–water partition coefficient (Wildman–Crippen LogP) is 1.96. The number of ether oxygens (including phenoxy) is 2. The largest absolute Gasteiger partial charge is 0.465 e. The normalized spacial score (nSPS) is 25.6. The number of aromatic nitrogens is 1. The van der Waals surface area contributed by atoms with Crippen LogP contribution in [0.4, 0.5) is 5.13 Å². The van der Waals surface area contributed by atoms with Crippen LogP contribution < -0.4 is 4.90 Å². The summed E-state index contributed by atoms with van der Waals surface area (Å²) in [6.45, 7) is 6.84. The first kappa shape index (κ1) is 13.8. The molecule has 0 N–H and O–H groups in total. The molecule has 1 fully saturated rings. The molecule has 2 atom stereocenters. The molecule has 1 aromatic rings. The quantitative estimate of drug-likeness (QED) is 0.798. The molecule has 1 saturated heterocycles. The molecule has 3 rings (SSSR count). The first-order valence-electron chi connectivity index (χ1n) is 7.21. The monoisotopic (exact) mass is 296 g/mol. The van der Waals surface area contributed by atoms with E-state index in [2.05, 4.69) is 11.8 Å². The van der Waals surface area contributed by atoms with Crippen LogP contribution in [0.2, 0.25) is 0 Å². The smallest absolute Gasteiger partial charge is 0.315 e. The lowest BCUT2D eigenvalue weighted by Gasteiger charge is -2.30. The van der Waals surface area contributed by atoms with Crippen LogP contribution in [-0.2, 0) is 20.7 Å². The van der Waals surface area contributed by atoms with Crippen molar-refractivity contribution in [1.82, 2.24) is 4.98 Å². The molecule has 2 unspecified atom stereocenters. The molecule has 1 aliphatic heterocycles. The Morgan fingerprint density at radius 2 is 2.45 bits per heavy atom. The average molecular weight is 296 g/mol. The van der Waals surface area contributed by atoms with Crippen molar-refractivity contribution >= 4 is 22.4 Å². The lowest BCUT2D eigenvalue weighted by molar-refractivity contribution is -0.145. The Hall–Kier alpha value is -1.14. The lowest BCUT2D eigenvalue weighted by atomic mass is 10.1. The first-order chi connectivity index (χ1) is 9.69. The van der Waals surface area contributed by atoms with E-state index in [1.807, 2.05) is 6.92 Å². The van der Waals surface area contributed by atoms with E-state index < -0.39 is 0 Å². The fourth-order valence-electron chi connectivity index (χ4n) is 2.81. The molecule has 20 heavy (non-hydrogen) atoms. The summed E-state index contributed by atoms with van der Waals surface area (Å²) >= 11 is 1.72. The highest BCUT2D eigenvalue weighted by Crippen LogP contribution is 2.40. The zero-order valence-electron chi connectivity index (χ0n) is 11.9. The van der Waals surface area contributed by atoms with Gasteiger partial charge >= 0.3 is 5.97 Å². The van der Waals surface area contributed by atoms with E-state index in [0.717, 1.165) is 43.4 Å². The van der Waals surface area contributed by atoms with E-state index in [9.17, 15) is 4.79 Å². The Morgan fingerprint density at radius 1 is 1.60 bits per heavy atom. The van der Waals surface area contributed by atoms with E-state index >= 15 is 0 Å². The maximum absolute atomic E-state index is 12.0. The van der Waals surface area contributed by atoms with Crippen LogP contribution in [0.5, 0.6) is 0 Å². The van der Waals surface area contributed by atoms with Gasteiger partial charge in [0, 0.05) is 18.0 Å². The minimum Gasteiger partial charge on any atom is -0.465 e. The fourth-order valence-corrected chi connectivity index (χ4v) is 3.99. The summed E-state index contributed by atoms with van der Waals surface area (Å²) in [5.74, 6) is -0.285. The number of esters is 1. The Balaban J connectivity index is 1.77. The van der Waals surface area contributed by atoms with Gasteiger partial charge in [0.15, 0.2) is 5.13 Å². The number of rotatable bonds is 3. The van der Waals surface area contributed by atoms with Gasteiger partial charge in [-0.2, -0.15) is 0 Å². The number of hydrogen-bond donors (Lipinski definition) is 0. The molecule has 6 heteroatoms. The van der Waals surface area contributed by atoms with Crippen LogP contribution in [-0.4, -0.2) is 43.4 Å². The Bertz CT molecular complexity index is 503. The molecule has 0 radical (unpaired) electrons. The lowest BCUT2D eigenvalue weighted by Crippen LogP contribution is -2.41. The Labute approximate surface area is 122 Å². The summed E-state index contributed by atoms with van der Waals surface area (Å²) in [6.07, 6.45) is 2.02. The summed E-state index contributed by atoms with van der Waals surface area (Å²) in [5.41, 5.74) is 0.947. The van der Waals surface area contributed by atoms with Crippen LogP contribution in [0.1, 0.15) is 36.8 Å². The third-order valence-corrected chi connectivity index (χ3v) is 4.98. The van der Waals surface area contributed by atoms with Crippen LogP contribution in [0.3, 0.4) is 0 Å². The number of aryl methyl sites for hydroxylation is 1. The molecule has 0 amide bonds. The van der Waals surface area contributed by atoms with Gasteiger partial charge in [0.2, 0.25) is 0 Å². The van der Waals surface area contributed by atoms with Crippen molar-refractivity contribution in [2.24, 2.45) is 0 Å². The predicted molar refractivity (Wildman–Crippen MR) is 77.4 cm³/mol. The molecule has 0 bridgehead atoms. The number of thiazole rings is 1. The zero-order chi connectivity index (χ0) is 14.1. The molecule has 0 saturated carbocycles. The maximum atomic E-state index is 12.0. The summed E-state index contributed by atoms with van der Waals surface area (Å²) in [7, 11) is 0. The second-order valence-electron chi connectivity index (χ2n) is 5.28. The van der Waals surface area contributed by atoms with Crippen LogP contribution in [0.15, 0.2) is 0 Å². The van der Waals surface area contributed by atoms with Gasteiger partial charge in [0.1, 0.15) is 5.92 Å². The van der Waals surface area contributed by atoms with Gasteiger partial charge in [0.25, 0.3) is 0 Å². The molecular formula is C14H20N2O3S. The second kappa shape index (κ2) is 5.69. The van der Waals surface area contributed by atoms with E-state index in [-0.39, 0.29) is 18.0 Å². The van der Waals surface area contributed by atoms with Gasteiger partial charge in [-0.05, 0) is 26.7 Å².